The number of para-hydroxylation sites is 3. The summed E-state index contributed by atoms with van der Waals surface area (Å²) in [5.74, 6) is -1.52. The zero-order valence-electron chi connectivity index (χ0n) is 59.7. The summed E-state index contributed by atoms with van der Waals surface area (Å²) in [6.45, 7) is 9.04. The number of nitriles is 2. The fourth-order valence-electron chi connectivity index (χ4n) is 10.4. The number of aromatic hydroxyl groups is 4. The number of allylic oxidation sites excluding steroid dienone is 3. The number of carbonyl (C=O) groups excluding carboxylic acids is 1. The molecule has 0 bridgehead atoms. The zero-order valence-corrected chi connectivity index (χ0v) is 63.1. The average Bonchev–Trinajstić information content (AvgIpc) is 1.68. The number of aryl methyl sites for hydroxylation is 3. The van der Waals surface area contributed by atoms with E-state index in [0.29, 0.717) is 34.0 Å². The molecule has 7 heterocycles. The van der Waals surface area contributed by atoms with Crippen LogP contribution in [0.15, 0.2) is 283 Å². The van der Waals surface area contributed by atoms with Crippen molar-refractivity contribution in [3.8, 4) is 52.3 Å². The molecule has 0 aliphatic carbocycles. The number of thiazole rings is 1. The summed E-state index contributed by atoms with van der Waals surface area (Å²) >= 11 is 3.12. The average molecular weight is 1570 g/mol. The van der Waals surface area contributed by atoms with Crippen molar-refractivity contribution in [1.82, 2.24) is 32.0 Å². The van der Waals surface area contributed by atoms with Gasteiger partial charge in [0.25, 0.3) is 5.56 Å². The second-order valence-electron chi connectivity index (χ2n) is 24.0. The van der Waals surface area contributed by atoms with E-state index < -0.39 is 11.9 Å². The first-order valence-corrected chi connectivity index (χ1v) is 36.8. The molecule has 0 saturated carbocycles. The zero-order chi connectivity index (χ0) is 79.1. The van der Waals surface area contributed by atoms with Crippen molar-refractivity contribution in [2.24, 2.45) is 7.05 Å². The number of imidazole rings is 1. The van der Waals surface area contributed by atoms with Crippen LogP contribution in [0.4, 0.5) is 0 Å². The minimum absolute atomic E-state index is 0.0643. The number of carboxylic acid groups (broad SMARTS) is 2. The topological polar surface area (TPSA) is 330 Å². The van der Waals surface area contributed by atoms with Gasteiger partial charge in [-0.15, -0.1) is 11.3 Å². The molecule has 0 spiro atoms. The summed E-state index contributed by atoms with van der Waals surface area (Å²) in [6, 6.07) is 74.9. The number of nitrogens with zero attached hydrogens (tertiary/aromatic N) is 9. The van der Waals surface area contributed by atoms with Crippen molar-refractivity contribution in [3.63, 3.8) is 0 Å². The third kappa shape index (κ3) is 21.2. The molecule has 0 radical (unpaired) electrons. The van der Waals surface area contributed by atoms with E-state index in [2.05, 4.69) is 50.8 Å². The van der Waals surface area contributed by atoms with Crippen molar-refractivity contribution in [3.05, 3.63) is 350 Å². The Balaban J connectivity index is 0.000000139. The first-order valence-electron chi connectivity index (χ1n) is 33.6. The molecule has 550 valence electrons. The number of carboxylic acids is 2. The van der Waals surface area contributed by atoms with Crippen LogP contribution in [0.5, 0.6) is 28.7 Å². The van der Waals surface area contributed by atoms with Crippen LogP contribution in [0.2, 0.25) is 0 Å². The van der Waals surface area contributed by atoms with Crippen LogP contribution in [0.3, 0.4) is 0 Å². The standard InChI is InChI=1S/C17H12N2S.C16H12N4.C14H11NOS.C13H9NOSe.C10H8O3.C9H8O4.C8H7NO3/c1-12-7-8-16-15(9-12)19-17(20-16)14(11-18)10-13-5-3-2-4-6-13;1-20-15-5-3-2-4-14(15)19-16(20)13(11-17)10-12-6-8-18-9-7-12;1-10-6-8-11(9-7-10)15-14(16)12-4-2-3-5-13(12)17-15;15-13-11-8-4-5-9-12(11)16-14(13)10-6-2-1-3-7-10;1-6-2-3-7-4-8(11)9(12)5-10(7)13-6;10-7-3-1-6(5-8(7)11)2-4-9(12)13;1-5(10)7-4-6(8(11)12)2-3-9-7/h2*2-10H,1H3;2-9H,1H3;1-9H;2-5,11-12H,1H2;1-5,10-11H,(H,12,13);2-4H,1H3,(H,11,12)/b14-10+;13-10+;;;;4-2+;. The number of aromatic carboxylic acids is 1. The molecule has 15 aromatic rings. The van der Waals surface area contributed by atoms with Crippen LogP contribution in [-0.4, -0.2) is 95.1 Å². The summed E-state index contributed by atoms with van der Waals surface area (Å²) < 4.78 is 14.1. The van der Waals surface area contributed by atoms with Crippen LogP contribution in [-0.2, 0) is 11.8 Å². The molecular weight excluding hydrogens is 1510 g/mol. The normalized spacial score (nSPS) is 11.2. The molecule has 0 amide bonds. The number of phenolic OH excluding ortho intramolecular Hbond substituents is 4. The van der Waals surface area contributed by atoms with E-state index in [4.69, 9.17) is 25.2 Å². The number of phenols is 4. The number of aliphatic carboxylic acids is 1. The summed E-state index contributed by atoms with van der Waals surface area (Å²) in [5.41, 5.74) is 11.9. The van der Waals surface area contributed by atoms with Crippen LogP contribution in [0.25, 0.3) is 87.8 Å². The molecule has 0 unspecified atom stereocenters. The van der Waals surface area contributed by atoms with Crippen molar-refractivity contribution in [2.75, 3.05) is 0 Å². The molecule has 1 aliphatic heterocycles. The molecule has 111 heavy (non-hydrogen) atoms. The summed E-state index contributed by atoms with van der Waals surface area (Å²) in [6.07, 6.45) is 14.1. The second kappa shape index (κ2) is 37.7. The predicted molar refractivity (Wildman–Crippen MR) is 438 cm³/mol. The quantitative estimate of drug-likeness (QED) is 0.0243. The first kappa shape index (κ1) is 79.2. The molecule has 24 heteroatoms. The Kier molecular flexibility index (Phi) is 26.9. The van der Waals surface area contributed by atoms with E-state index in [0.717, 1.165) is 75.9 Å². The first-order chi connectivity index (χ1) is 53.5. The summed E-state index contributed by atoms with van der Waals surface area (Å²) in [7, 11) is 1.92. The second-order valence-corrected chi connectivity index (χ2v) is 28.1. The number of hydrogen-bond acceptors (Lipinski definition) is 18. The van der Waals surface area contributed by atoms with Crippen LogP contribution in [0.1, 0.15) is 72.0 Å². The van der Waals surface area contributed by atoms with Gasteiger partial charge >= 0.3 is 111 Å². The SMILES string of the molecule is C=C1C=Cc2cc(O)c(O)cc2O1.CC(=O)c1cc(C(=O)O)ccn1.Cc1ccc(-n2sc3ccccc3c2=O)cc1.Cc1ccc2sc(/C(C#N)=C/c3ccccc3)nc2c1.Cn1c(/C(C#N)=C/c2ccncc2)nc2ccccc21.O=C(O)/C=C/c1ccc(O)c(O)c1.O=c1c2ccccc2[se]n1-c1ccccc1. The number of fused-ring (bicyclic) bond motifs is 5. The van der Waals surface area contributed by atoms with E-state index in [-0.39, 0.29) is 65.9 Å². The number of aromatic nitrogens is 7. The number of Topliss-reactive ketones (excluding diaryl/α,β-unsaturated/α-hetero) is 1. The van der Waals surface area contributed by atoms with Gasteiger partial charge in [0.1, 0.15) is 34.3 Å². The number of hydrogen-bond donors (Lipinski definition) is 6. The van der Waals surface area contributed by atoms with Crippen LogP contribution < -0.4 is 15.9 Å². The molecule has 9 aromatic carbocycles. The molecule has 16 rings (SSSR count). The number of carbonyl (C=O) groups is 3. The number of ether oxygens (including phenoxy) is 1. The molecule has 0 fully saturated rings. The van der Waals surface area contributed by atoms with Gasteiger partial charge in [-0.1, -0.05) is 103 Å². The Morgan fingerprint density at radius 2 is 1.21 bits per heavy atom. The van der Waals surface area contributed by atoms with Gasteiger partial charge in [0, 0.05) is 50.3 Å². The van der Waals surface area contributed by atoms with E-state index in [1.807, 2.05) is 217 Å². The van der Waals surface area contributed by atoms with Gasteiger partial charge in [-0.2, -0.15) is 10.5 Å². The maximum absolute atomic E-state index is 12.2. The Labute approximate surface area is 649 Å². The molecule has 0 saturated heterocycles. The Morgan fingerprint density at radius 1 is 0.577 bits per heavy atom. The van der Waals surface area contributed by atoms with E-state index >= 15 is 0 Å². The van der Waals surface area contributed by atoms with Gasteiger partial charge in [0.2, 0.25) is 0 Å². The predicted octanol–water partition coefficient (Wildman–Crippen LogP) is 17.3. The van der Waals surface area contributed by atoms with Crippen LogP contribution >= 0.6 is 22.9 Å². The number of rotatable bonds is 10. The monoisotopic (exact) mass is 1570 g/mol. The third-order valence-corrected chi connectivity index (χ3v) is 20.5. The Bertz CT molecular complexity index is 6210. The fourth-order valence-corrected chi connectivity index (χ4v) is 14.4. The van der Waals surface area contributed by atoms with Gasteiger partial charge < -0.3 is 39.9 Å². The minimum atomic E-state index is -1.06. The van der Waals surface area contributed by atoms with Crippen molar-refractivity contribution in [1.29, 1.82) is 10.5 Å². The Morgan fingerprint density at radius 3 is 1.87 bits per heavy atom. The molecule has 0 atom stereocenters. The summed E-state index contributed by atoms with van der Waals surface area (Å²) in [5, 5.41) is 74.4. The fraction of sp³-hybridized carbons (Fsp3) is 0.0460. The maximum atomic E-state index is 12.2. The number of pyridine rings is 2. The third-order valence-electron chi connectivity index (χ3n) is 16.0. The molecular formula is C87H67N9O12S2Se. The van der Waals surface area contributed by atoms with E-state index in [1.165, 1.54) is 88.6 Å². The van der Waals surface area contributed by atoms with Gasteiger partial charge in [0.15, 0.2) is 34.6 Å². The number of ketones is 1. The van der Waals surface area contributed by atoms with Gasteiger partial charge in [-0.25, -0.2) is 23.5 Å². The molecule has 6 N–H and O–H groups in total. The van der Waals surface area contributed by atoms with Gasteiger partial charge in [-0.3, -0.25) is 19.6 Å². The van der Waals surface area contributed by atoms with Gasteiger partial charge in [-0.05, 0) is 157 Å². The Hall–Kier alpha value is -14.4. The van der Waals surface area contributed by atoms with Crippen molar-refractivity contribution >= 4 is 132 Å². The molecule has 1 aliphatic rings. The van der Waals surface area contributed by atoms with E-state index in [9.17, 15) is 44.7 Å². The molecule has 21 nitrogen and oxygen atoms in total. The van der Waals surface area contributed by atoms with Crippen LogP contribution in [0, 0.1) is 36.5 Å². The summed E-state index contributed by atoms with van der Waals surface area (Å²) in [4.78, 5) is 72.4. The van der Waals surface area contributed by atoms with Gasteiger partial charge in [0.05, 0.1) is 53.7 Å². The number of benzene rings is 9. The molecule has 6 aromatic heterocycles. The van der Waals surface area contributed by atoms with Crippen molar-refractivity contribution in [2.45, 2.75) is 20.8 Å². The van der Waals surface area contributed by atoms with Crippen molar-refractivity contribution < 1.29 is 49.8 Å². The van der Waals surface area contributed by atoms with E-state index in [1.54, 1.807) is 39.8 Å².